The average molecular weight is 418 g/mol. The van der Waals surface area contributed by atoms with Gasteiger partial charge in [0.15, 0.2) is 0 Å². The lowest BCUT2D eigenvalue weighted by Gasteiger charge is -2.22. The first-order valence-corrected chi connectivity index (χ1v) is 11.1. The van der Waals surface area contributed by atoms with E-state index in [9.17, 15) is 4.79 Å². The van der Waals surface area contributed by atoms with Crippen LogP contribution in [0.5, 0.6) is 5.75 Å². The van der Waals surface area contributed by atoms with Gasteiger partial charge >= 0.3 is 0 Å². The van der Waals surface area contributed by atoms with Crippen molar-refractivity contribution in [3.63, 3.8) is 0 Å². The van der Waals surface area contributed by atoms with Crippen molar-refractivity contribution < 1.29 is 9.53 Å². The standard InChI is InChI=1S/C24H27N5O2/c1-31-21-10-6-5-9-18(21)20-13-14-25-24(28-20)29-22(16-11-12-16)19(15-26-29)23(30)27-17-7-3-2-4-8-17/h5-6,9-10,13-17H,2-4,7-8,11-12H2,1H3,(H,27,30). The van der Waals surface area contributed by atoms with Crippen LogP contribution in [0.1, 0.15) is 66.9 Å². The van der Waals surface area contributed by atoms with Crippen LogP contribution in [-0.2, 0) is 0 Å². The Balaban J connectivity index is 1.48. The molecule has 0 unspecified atom stereocenters. The summed E-state index contributed by atoms with van der Waals surface area (Å²) >= 11 is 0. The smallest absolute Gasteiger partial charge is 0.255 e. The van der Waals surface area contributed by atoms with Crippen LogP contribution in [0.15, 0.2) is 42.7 Å². The molecule has 1 amide bonds. The van der Waals surface area contributed by atoms with Gasteiger partial charge in [-0.25, -0.2) is 14.6 Å². The molecule has 2 aromatic heterocycles. The molecule has 7 nitrogen and oxygen atoms in total. The third-order valence-electron chi connectivity index (χ3n) is 6.17. The Morgan fingerprint density at radius 2 is 1.90 bits per heavy atom. The van der Waals surface area contributed by atoms with Gasteiger partial charge in [-0.15, -0.1) is 0 Å². The summed E-state index contributed by atoms with van der Waals surface area (Å²) < 4.78 is 7.23. The number of carbonyl (C=O) groups is 1. The number of methoxy groups -OCH3 is 1. The van der Waals surface area contributed by atoms with E-state index < -0.39 is 0 Å². The van der Waals surface area contributed by atoms with Crippen LogP contribution in [0.4, 0.5) is 0 Å². The Morgan fingerprint density at radius 3 is 2.68 bits per heavy atom. The fourth-order valence-electron chi connectivity index (χ4n) is 4.41. The van der Waals surface area contributed by atoms with Gasteiger partial charge in [-0.3, -0.25) is 4.79 Å². The third-order valence-corrected chi connectivity index (χ3v) is 6.17. The second-order valence-corrected chi connectivity index (χ2v) is 8.38. The van der Waals surface area contributed by atoms with Gasteiger partial charge in [-0.1, -0.05) is 31.4 Å². The molecule has 0 spiro atoms. The molecule has 1 aromatic carbocycles. The summed E-state index contributed by atoms with van der Waals surface area (Å²) in [6.45, 7) is 0. The number of rotatable bonds is 6. The average Bonchev–Trinajstić information content (AvgIpc) is 3.57. The molecular formula is C24H27N5O2. The molecule has 1 N–H and O–H groups in total. The van der Waals surface area contributed by atoms with Crippen LogP contribution in [0.2, 0.25) is 0 Å². The number of hydrogen-bond acceptors (Lipinski definition) is 5. The first-order valence-electron chi connectivity index (χ1n) is 11.1. The lowest BCUT2D eigenvalue weighted by molar-refractivity contribution is 0.0926. The van der Waals surface area contributed by atoms with Crippen molar-refractivity contribution in [1.82, 2.24) is 25.1 Å². The zero-order valence-corrected chi connectivity index (χ0v) is 17.8. The highest BCUT2D eigenvalue weighted by Gasteiger charge is 2.34. The Kier molecular flexibility index (Phi) is 5.40. The van der Waals surface area contributed by atoms with Crippen molar-refractivity contribution in [3.8, 4) is 23.0 Å². The first kappa shape index (κ1) is 19.7. The summed E-state index contributed by atoms with van der Waals surface area (Å²) in [6.07, 6.45) is 11.3. The fourth-order valence-corrected chi connectivity index (χ4v) is 4.41. The summed E-state index contributed by atoms with van der Waals surface area (Å²) in [7, 11) is 1.65. The first-order chi connectivity index (χ1) is 15.2. The van der Waals surface area contributed by atoms with Crippen LogP contribution >= 0.6 is 0 Å². The van der Waals surface area contributed by atoms with Gasteiger partial charge in [0.2, 0.25) is 0 Å². The van der Waals surface area contributed by atoms with Gasteiger partial charge in [0, 0.05) is 23.7 Å². The van der Waals surface area contributed by atoms with Crippen molar-refractivity contribution in [3.05, 3.63) is 54.0 Å². The predicted molar refractivity (Wildman–Crippen MR) is 117 cm³/mol. The summed E-state index contributed by atoms with van der Waals surface area (Å²) in [5.74, 6) is 1.53. The molecule has 2 saturated carbocycles. The summed E-state index contributed by atoms with van der Waals surface area (Å²) in [5, 5.41) is 7.76. The molecule has 2 fully saturated rings. The number of benzene rings is 1. The van der Waals surface area contributed by atoms with E-state index in [0.717, 1.165) is 48.4 Å². The molecule has 0 saturated heterocycles. The number of nitrogens with zero attached hydrogens (tertiary/aromatic N) is 4. The molecule has 5 rings (SSSR count). The SMILES string of the molecule is COc1ccccc1-c1ccnc(-n2ncc(C(=O)NC3CCCCC3)c2C2CC2)n1. The van der Waals surface area contributed by atoms with Crippen molar-refractivity contribution in [2.24, 2.45) is 0 Å². The van der Waals surface area contributed by atoms with E-state index >= 15 is 0 Å². The number of carbonyl (C=O) groups excluding carboxylic acids is 1. The molecule has 0 aliphatic heterocycles. The van der Waals surface area contributed by atoms with E-state index in [0.29, 0.717) is 17.4 Å². The summed E-state index contributed by atoms with van der Waals surface area (Å²) in [4.78, 5) is 22.3. The van der Waals surface area contributed by atoms with Crippen LogP contribution in [0.25, 0.3) is 17.2 Å². The van der Waals surface area contributed by atoms with Gasteiger partial charge in [0.25, 0.3) is 11.9 Å². The largest absolute Gasteiger partial charge is 0.496 e. The van der Waals surface area contributed by atoms with Crippen molar-refractivity contribution in [2.45, 2.75) is 56.9 Å². The number of amides is 1. The van der Waals surface area contributed by atoms with Crippen molar-refractivity contribution in [2.75, 3.05) is 7.11 Å². The highest BCUT2D eigenvalue weighted by atomic mass is 16.5. The van der Waals surface area contributed by atoms with E-state index in [2.05, 4.69) is 15.4 Å². The summed E-state index contributed by atoms with van der Waals surface area (Å²) in [6, 6.07) is 9.89. The van der Waals surface area contributed by atoms with E-state index in [-0.39, 0.29) is 11.9 Å². The van der Waals surface area contributed by atoms with Gasteiger partial charge in [0.1, 0.15) is 5.75 Å². The molecule has 3 aromatic rings. The van der Waals surface area contributed by atoms with Gasteiger partial charge in [0.05, 0.1) is 30.3 Å². The van der Waals surface area contributed by atoms with Gasteiger partial charge < -0.3 is 10.1 Å². The number of para-hydroxylation sites is 1. The van der Waals surface area contributed by atoms with Gasteiger partial charge in [-0.2, -0.15) is 5.10 Å². The molecule has 31 heavy (non-hydrogen) atoms. The number of nitrogens with one attached hydrogen (secondary N) is 1. The zero-order chi connectivity index (χ0) is 21.2. The van der Waals surface area contributed by atoms with E-state index in [1.807, 2.05) is 30.3 Å². The topological polar surface area (TPSA) is 81.9 Å². The molecule has 2 aliphatic carbocycles. The maximum Gasteiger partial charge on any atom is 0.255 e. The normalized spacial score (nSPS) is 16.8. The molecule has 7 heteroatoms. The van der Waals surface area contributed by atoms with E-state index in [4.69, 9.17) is 9.72 Å². The van der Waals surface area contributed by atoms with E-state index in [1.54, 1.807) is 24.2 Å². The minimum absolute atomic E-state index is 0.0269. The Morgan fingerprint density at radius 1 is 1.10 bits per heavy atom. The maximum atomic E-state index is 13.1. The highest BCUT2D eigenvalue weighted by Crippen LogP contribution is 2.42. The minimum Gasteiger partial charge on any atom is -0.496 e. The monoisotopic (exact) mass is 417 g/mol. The Bertz CT molecular complexity index is 1080. The Labute approximate surface area is 181 Å². The quantitative estimate of drug-likeness (QED) is 0.647. The molecular weight excluding hydrogens is 390 g/mol. The molecule has 0 atom stereocenters. The molecule has 160 valence electrons. The summed E-state index contributed by atoms with van der Waals surface area (Å²) in [5.41, 5.74) is 3.22. The molecule has 0 bridgehead atoms. The molecule has 0 radical (unpaired) electrons. The van der Waals surface area contributed by atoms with Crippen molar-refractivity contribution in [1.29, 1.82) is 0 Å². The minimum atomic E-state index is -0.0269. The van der Waals surface area contributed by atoms with Gasteiger partial charge in [-0.05, 0) is 43.9 Å². The zero-order valence-electron chi connectivity index (χ0n) is 17.8. The van der Waals surface area contributed by atoms with E-state index in [1.165, 1.54) is 19.3 Å². The number of ether oxygens (including phenoxy) is 1. The van der Waals surface area contributed by atoms with Crippen LogP contribution < -0.4 is 10.1 Å². The third kappa shape index (κ3) is 4.04. The fraction of sp³-hybridized carbons (Fsp3) is 0.417. The van der Waals surface area contributed by atoms with Crippen LogP contribution in [0.3, 0.4) is 0 Å². The lowest BCUT2D eigenvalue weighted by Crippen LogP contribution is -2.36. The second-order valence-electron chi connectivity index (χ2n) is 8.38. The second kappa shape index (κ2) is 8.49. The number of aromatic nitrogens is 4. The maximum absolute atomic E-state index is 13.1. The molecule has 2 aliphatic rings. The van der Waals surface area contributed by atoms with Crippen LogP contribution in [-0.4, -0.2) is 38.8 Å². The van der Waals surface area contributed by atoms with Crippen molar-refractivity contribution >= 4 is 5.91 Å². The predicted octanol–water partition coefficient (Wildman–Crippen LogP) is 4.28. The lowest BCUT2D eigenvalue weighted by atomic mass is 9.95. The number of hydrogen-bond donors (Lipinski definition) is 1. The van der Waals surface area contributed by atoms with Crippen LogP contribution in [0, 0.1) is 0 Å². The molecule has 2 heterocycles. The highest BCUT2D eigenvalue weighted by molar-refractivity contribution is 5.95. The Hall–Kier alpha value is -3.22.